The van der Waals surface area contributed by atoms with Gasteiger partial charge in [-0.1, -0.05) is 13.0 Å². The Morgan fingerprint density at radius 2 is 2.05 bits per heavy atom. The van der Waals surface area contributed by atoms with Gasteiger partial charge < -0.3 is 15.5 Å². The van der Waals surface area contributed by atoms with Crippen LogP contribution in [0.2, 0.25) is 0 Å². The molecule has 6 heteroatoms. The third-order valence-corrected chi connectivity index (χ3v) is 4.75. The molecule has 1 aromatic rings. The van der Waals surface area contributed by atoms with Crippen LogP contribution in [0.4, 0.5) is 4.79 Å². The Labute approximate surface area is 136 Å². The first-order valence-electron chi connectivity index (χ1n) is 7.97. The van der Waals surface area contributed by atoms with Crippen LogP contribution in [-0.2, 0) is 11.2 Å². The van der Waals surface area contributed by atoms with Gasteiger partial charge in [0.2, 0.25) is 5.91 Å². The normalized spacial score (nSPS) is 16.1. The van der Waals surface area contributed by atoms with E-state index in [9.17, 15) is 9.59 Å². The van der Waals surface area contributed by atoms with E-state index in [0.29, 0.717) is 12.5 Å². The molecule has 0 unspecified atom stereocenters. The summed E-state index contributed by atoms with van der Waals surface area (Å²) in [4.78, 5) is 26.8. The molecule has 0 radical (unpaired) electrons. The van der Waals surface area contributed by atoms with Gasteiger partial charge in [0.05, 0.1) is 6.54 Å². The minimum atomic E-state index is -0.261. The van der Waals surface area contributed by atoms with Crippen molar-refractivity contribution in [3.8, 4) is 0 Å². The second-order valence-electron chi connectivity index (χ2n) is 5.89. The van der Waals surface area contributed by atoms with Gasteiger partial charge >= 0.3 is 6.03 Å². The molecule has 1 atom stereocenters. The molecule has 2 N–H and O–H groups in total. The van der Waals surface area contributed by atoms with Gasteiger partial charge in [-0.25, -0.2) is 4.79 Å². The molecule has 1 aliphatic heterocycles. The van der Waals surface area contributed by atoms with Gasteiger partial charge in [0.15, 0.2) is 0 Å². The minimum Gasteiger partial charge on any atom is -0.341 e. The van der Waals surface area contributed by atoms with Crippen LogP contribution < -0.4 is 10.6 Å². The molecule has 2 heterocycles. The smallest absolute Gasteiger partial charge is 0.315 e. The Kier molecular flexibility index (Phi) is 6.71. The number of urea groups is 1. The zero-order valence-corrected chi connectivity index (χ0v) is 14.0. The average Bonchev–Trinajstić information content (AvgIpc) is 3.04. The molecule has 1 fully saturated rings. The predicted molar refractivity (Wildman–Crippen MR) is 89.0 cm³/mol. The monoisotopic (exact) mass is 323 g/mol. The van der Waals surface area contributed by atoms with Crippen molar-refractivity contribution in [1.82, 2.24) is 15.5 Å². The maximum Gasteiger partial charge on any atom is 0.315 e. The second-order valence-corrected chi connectivity index (χ2v) is 6.93. The van der Waals surface area contributed by atoms with Crippen molar-refractivity contribution in [2.45, 2.75) is 32.6 Å². The fraction of sp³-hybridized carbons (Fsp3) is 0.625. The van der Waals surface area contributed by atoms with Crippen LogP contribution >= 0.6 is 11.3 Å². The lowest BCUT2D eigenvalue weighted by Gasteiger charge is -2.26. The van der Waals surface area contributed by atoms with Crippen LogP contribution in [0.5, 0.6) is 0 Å². The van der Waals surface area contributed by atoms with E-state index in [1.807, 2.05) is 11.0 Å². The number of piperidine rings is 1. The number of carbonyl (C=O) groups is 2. The van der Waals surface area contributed by atoms with Crippen molar-refractivity contribution < 1.29 is 9.59 Å². The van der Waals surface area contributed by atoms with E-state index >= 15 is 0 Å². The number of carbonyl (C=O) groups excluding carboxylic acids is 2. The van der Waals surface area contributed by atoms with E-state index in [2.05, 4.69) is 29.0 Å². The lowest BCUT2D eigenvalue weighted by atomic mass is 10.1. The highest BCUT2D eigenvalue weighted by atomic mass is 32.1. The quantitative estimate of drug-likeness (QED) is 0.843. The Balaban J connectivity index is 1.60. The van der Waals surface area contributed by atoms with Crippen molar-refractivity contribution >= 4 is 23.3 Å². The SMILES string of the molecule is C[C@H](CNC(=O)NCC(=O)N1CCCCC1)Cc1cccs1. The molecule has 1 saturated heterocycles. The molecule has 0 aromatic carbocycles. The number of likely N-dealkylation sites (tertiary alicyclic amines) is 1. The molecule has 122 valence electrons. The topological polar surface area (TPSA) is 61.4 Å². The van der Waals surface area contributed by atoms with Crippen LogP contribution in [-0.4, -0.2) is 43.0 Å². The van der Waals surface area contributed by atoms with Crippen molar-refractivity contribution in [3.05, 3.63) is 22.4 Å². The average molecular weight is 323 g/mol. The fourth-order valence-electron chi connectivity index (χ4n) is 2.58. The lowest BCUT2D eigenvalue weighted by Crippen LogP contribution is -2.46. The van der Waals surface area contributed by atoms with Crippen LogP contribution in [0.25, 0.3) is 0 Å². The van der Waals surface area contributed by atoms with Crippen LogP contribution in [0.3, 0.4) is 0 Å². The van der Waals surface area contributed by atoms with Crippen LogP contribution in [0.1, 0.15) is 31.1 Å². The summed E-state index contributed by atoms with van der Waals surface area (Å²) < 4.78 is 0. The van der Waals surface area contributed by atoms with Gasteiger partial charge in [-0.3, -0.25) is 4.79 Å². The molecule has 0 saturated carbocycles. The number of amides is 3. The number of hydrogen-bond donors (Lipinski definition) is 2. The summed E-state index contributed by atoms with van der Waals surface area (Å²) in [6.45, 7) is 4.45. The highest BCUT2D eigenvalue weighted by Crippen LogP contribution is 2.13. The van der Waals surface area contributed by atoms with E-state index < -0.39 is 0 Å². The molecule has 2 rings (SSSR count). The van der Waals surface area contributed by atoms with Crippen molar-refractivity contribution in [1.29, 1.82) is 0 Å². The maximum absolute atomic E-state index is 11.9. The Morgan fingerprint density at radius 3 is 2.73 bits per heavy atom. The van der Waals surface area contributed by atoms with E-state index in [-0.39, 0.29) is 18.5 Å². The zero-order valence-electron chi connectivity index (χ0n) is 13.1. The summed E-state index contributed by atoms with van der Waals surface area (Å²) in [5, 5.41) is 7.56. The van der Waals surface area contributed by atoms with Gasteiger partial charge in [-0.15, -0.1) is 11.3 Å². The summed E-state index contributed by atoms with van der Waals surface area (Å²) in [6.07, 6.45) is 4.29. The van der Waals surface area contributed by atoms with Crippen LogP contribution in [0.15, 0.2) is 17.5 Å². The summed E-state index contributed by atoms with van der Waals surface area (Å²) in [5.41, 5.74) is 0. The zero-order chi connectivity index (χ0) is 15.8. The summed E-state index contributed by atoms with van der Waals surface area (Å²) in [6, 6.07) is 3.89. The first-order valence-corrected chi connectivity index (χ1v) is 8.85. The molecule has 0 spiro atoms. The Bertz CT molecular complexity index is 470. The molecular weight excluding hydrogens is 298 g/mol. The minimum absolute atomic E-state index is 0.0153. The molecule has 0 bridgehead atoms. The van der Waals surface area contributed by atoms with E-state index in [1.165, 1.54) is 11.3 Å². The van der Waals surface area contributed by atoms with Gasteiger partial charge in [0.25, 0.3) is 0 Å². The predicted octanol–water partition coefficient (Wildman–Crippen LogP) is 2.24. The third-order valence-electron chi connectivity index (χ3n) is 3.85. The largest absolute Gasteiger partial charge is 0.341 e. The molecule has 1 aromatic heterocycles. The molecule has 0 aliphatic carbocycles. The first-order chi connectivity index (χ1) is 10.6. The first kappa shape index (κ1) is 16.8. The highest BCUT2D eigenvalue weighted by Gasteiger charge is 2.16. The summed E-state index contributed by atoms with van der Waals surface area (Å²) in [7, 11) is 0. The second kappa shape index (κ2) is 8.78. The molecular formula is C16H25N3O2S. The molecule has 5 nitrogen and oxygen atoms in total. The molecule has 1 aliphatic rings. The number of thiophene rings is 1. The molecule has 3 amide bonds. The fourth-order valence-corrected chi connectivity index (χ4v) is 3.45. The van der Waals surface area contributed by atoms with Crippen molar-refractivity contribution in [2.75, 3.05) is 26.2 Å². The van der Waals surface area contributed by atoms with Gasteiger partial charge in [0.1, 0.15) is 0 Å². The standard InChI is InChI=1S/C16H25N3O2S/c1-13(10-14-6-5-9-22-14)11-17-16(21)18-12-15(20)19-7-3-2-4-8-19/h5-6,9,13H,2-4,7-8,10-12H2,1H3,(H2,17,18,21)/t13-/m0/s1. The number of nitrogens with one attached hydrogen (secondary N) is 2. The Morgan fingerprint density at radius 1 is 1.27 bits per heavy atom. The summed E-state index contributed by atoms with van der Waals surface area (Å²) >= 11 is 1.74. The number of nitrogens with zero attached hydrogens (tertiary/aromatic N) is 1. The van der Waals surface area contributed by atoms with Gasteiger partial charge in [-0.2, -0.15) is 0 Å². The molecule has 22 heavy (non-hydrogen) atoms. The van der Waals surface area contributed by atoms with Crippen molar-refractivity contribution in [3.63, 3.8) is 0 Å². The lowest BCUT2D eigenvalue weighted by molar-refractivity contribution is -0.130. The van der Waals surface area contributed by atoms with E-state index in [1.54, 1.807) is 11.3 Å². The van der Waals surface area contributed by atoms with Crippen LogP contribution in [0, 0.1) is 5.92 Å². The van der Waals surface area contributed by atoms with Gasteiger partial charge in [0, 0.05) is 24.5 Å². The third kappa shape index (κ3) is 5.67. The summed E-state index contributed by atoms with van der Waals surface area (Å²) in [5.74, 6) is 0.392. The highest BCUT2D eigenvalue weighted by molar-refractivity contribution is 7.09. The van der Waals surface area contributed by atoms with Crippen molar-refractivity contribution in [2.24, 2.45) is 5.92 Å². The Hall–Kier alpha value is -1.56. The maximum atomic E-state index is 11.9. The number of hydrogen-bond acceptors (Lipinski definition) is 3. The van der Waals surface area contributed by atoms with E-state index in [4.69, 9.17) is 0 Å². The van der Waals surface area contributed by atoms with E-state index in [0.717, 1.165) is 32.4 Å². The number of rotatable bonds is 6. The van der Waals surface area contributed by atoms with Gasteiger partial charge in [-0.05, 0) is 43.0 Å².